The summed E-state index contributed by atoms with van der Waals surface area (Å²) in [5.74, 6) is 0.874. The monoisotopic (exact) mass is 417 g/mol. The van der Waals surface area contributed by atoms with E-state index in [1.807, 2.05) is 32.0 Å². The van der Waals surface area contributed by atoms with Gasteiger partial charge in [-0.1, -0.05) is 29.8 Å². The molecule has 2 N–H and O–H groups in total. The number of halogens is 1. The van der Waals surface area contributed by atoms with Crippen molar-refractivity contribution in [3.63, 3.8) is 0 Å². The molecule has 1 fully saturated rings. The van der Waals surface area contributed by atoms with Crippen molar-refractivity contribution in [2.24, 2.45) is 0 Å². The summed E-state index contributed by atoms with van der Waals surface area (Å²) in [6.45, 7) is 7.03. The topological polar surface area (TPSA) is 36.5 Å². The minimum atomic E-state index is 0.266. The van der Waals surface area contributed by atoms with Gasteiger partial charge in [0, 0.05) is 6.54 Å². The Balaban J connectivity index is 1.68. The molecule has 4 nitrogen and oxygen atoms in total. The number of rotatable bonds is 6. The largest absolute Gasteiger partial charge is 0.497 e. The van der Waals surface area contributed by atoms with Crippen LogP contribution in [-0.2, 0) is 0 Å². The molecule has 0 spiro atoms. The van der Waals surface area contributed by atoms with Crippen LogP contribution in [-0.4, -0.2) is 36.8 Å². The Labute approximate surface area is 178 Å². The molecule has 28 heavy (non-hydrogen) atoms. The van der Waals surface area contributed by atoms with Crippen molar-refractivity contribution in [2.75, 3.05) is 32.1 Å². The van der Waals surface area contributed by atoms with E-state index >= 15 is 0 Å². The highest BCUT2D eigenvalue weighted by Gasteiger charge is 2.23. The number of hydrogen-bond acceptors (Lipinski definition) is 3. The van der Waals surface area contributed by atoms with Gasteiger partial charge < -0.3 is 15.4 Å². The Morgan fingerprint density at radius 3 is 2.46 bits per heavy atom. The number of hydrogen-bond donors (Lipinski definition) is 2. The van der Waals surface area contributed by atoms with E-state index < -0.39 is 0 Å². The van der Waals surface area contributed by atoms with Crippen LogP contribution >= 0.6 is 23.8 Å². The van der Waals surface area contributed by atoms with Crippen molar-refractivity contribution in [3.05, 3.63) is 58.1 Å². The summed E-state index contributed by atoms with van der Waals surface area (Å²) in [4.78, 5) is 2.52. The van der Waals surface area contributed by atoms with Gasteiger partial charge in [0.25, 0.3) is 0 Å². The number of nitrogens with one attached hydrogen (secondary N) is 2. The molecule has 2 aromatic carbocycles. The van der Waals surface area contributed by atoms with Gasteiger partial charge in [-0.2, -0.15) is 0 Å². The Kier molecular flexibility index (Phi) is 7.16. The molecule has 0 amide bonds. The van der Waals surface area contributed by atoms with Gasteiger partial charge in [0.15, 0.2) is 5.11 Å². The van der Waals surface area contributed by atoms with Gasteiger partial charge in [-0.3, -0.25) is 4.90 Å². The maximum absolute atomic E-state index is 6.40. The standard InChI is InChI=1S/C22H28ClN3OS/c1-15-12-16(2)21(19(23)13-15)25-22(28)24-14-20(26-10-4-5-11-26)17-6-8-18(27-3)9-7-17/h6-9,12-13,20H,4-5,10-11,14H2,1-3H3,(H2,24,25,28)/t20-/m0/s1. The van der Waals surface area contributed by atoms with Crippen LogP contribution in [0.2, 0.25) is 5.02 Å². The van der Waals surface area contributed by atoms with Crippen LogP contribution < -0.4 is 15.4 Å². The van der Waals surface area contributed by atoms with Gasteiger partial charge in [0.2, 0.25) is 0 Å². The third-order valence-corrected chi connectivity index (χ3v) is 5.75. The van der Waals surface area contributed by atoms with Crippen LogP contribution in [0, 0.1) is 13.8 Å². The summed E-state index contributed by atoms with van der Waals surface area (Å²) in [5.41, 5.74) is 4.36. The van der Waals surface area contributed by atoms with E-state index in [2.05, 4.69) is 33.7 Å². The lowest BCUT2D eigenvalue weighted by atomic mass is 10.1. The highest BCUT2D eigenvalue weighted by molar-refractivity contribution is 7.80. The van der Waals surface area contributed by atoms with Crippen molar-refractivity contribution in [2.45, 2.75) is 32.7 Å². The molecule has 1 heterocycles. The summed E-state index contributed by atoms with van der Waals surface area (Å²) >= 11 is 12.0. The number of thiocarbonyl (C=S) groups is 1. The minimum Gasteiger partial charge on any atom is -0.497 e. The molecule has 3 rings (SSSR count). The Morgan fingerprint density at radius 2 is 1.86 bits per heavy atom. The first-order valence-electron chi connectivity index (χ1n) is 9.67. The van der Waals surface area contributed by atoms with Gasteiger partial charge in [0.05, 0.1) is 23.9 Å². The average Bonchev–Trinajstić information content (AvgIpc) is 3.20. The van der Waals surface area contributed by atoms with Crippen molar-refractivity contribution >= 4 is 34.6 Å². The Hall–Kier alpha value is -1.82. The molecular weight excluding hydrogens is 390 g/mol. The van der Waals surface area contributed by atoms with Crippen LogP contribution in [0.3, 0.4) is 0 Å². The second-order valence-corrected chi connectivity index (χ2v) is 8.12. The predicted octanol–water partition coefficient (Wildman–Crippen LogP) is 5.09. The summed E-state index contributed by atoms with van der Waals surface area (Å²) in [7, 11) is 1.69. The van der Waals surface area contributed by atoms with Gasteiger partial charge >= 0.3 is 0 Å². The number of methoxy groups -OCH3 is 1. The molecule has 1 atom stereocenters. The molecule has 1 aliphatic heterocycles. The van der Waals surface area contributed by atoms with Gasteiger partial charge in [0.1, 0.15) is 5.75 Å². The third kappa shape index (κ3) is 5.16. The first kappa shape index (κ1) is 20.9. The molecule has 1 aliphatic rings. The molecule has 0 unspecified atom stereocenters. The summed E-state index contributed by atoms with van der Waals surface area (Å²) in [5, 5.41) is 7.94. The zero-order valence-electron chi connectivity index (χ0n) is 16.7. The fourth-order valence-corrected chi connectivity index (χ4v) is 4.31. The van der Waals surface area contributed by atoms with E-state index in [1.165, 1.54) is 18.4 Å². The van der Waals surface area contributed by atoms with Crippen molar-refractivity contribution in [3.8, 4) is 5.75 Å². The van der Waals surface area contributed by atoms with Gasteiger partial charge in [-0.25, -0.2) is 0 Å². The van der Waals surface area contributed by atoms with Crippen molar-refractivity contribution in [1.29, 1.82) is 0 Å². The molecule has 2 aromatic rings. The molecule has 0 saturated carbocycles. The zero-order valence-corrected chi connectivity index (χ0v) is 18.3. The Bertz CT molecular complexity index is 796. The van der Waals surface area contributed by atoms with Crippen LogP contribution in [0.4, 0.5) is 5.69 Å². The van der Waals surface area contributed by atoms with Gasteiger partial charge in [-0.15, -0.1) is 0 Å². The van der Waals surface area contributed by atoms with Crippen LogP contribution in [0.25, 0.3) is 0 Å². The maximum Gasteiger partial charge on any atom is 0.170 e. The summed E-state index contributed by atoms with van der Waals surface area (Å²) in [6, 6.07) is 12.6. The van der Waals surface area contributed by atoms with E-state index in [9.17, 15) is 0 Å². The molecule has 0 aromatic heterocycles. The molecule has 1 saturated heterocycles. The van der Waals surface area contributed by atoms with E-state index in [-0.39, 0.29) is 6.04 Å². The first-order chi connectivity index (χ1) is 13.5. The van der Waals surface area contributed by atoms with E-state index in [1.54, 1.807) is 7.11 Å². The molecule has 0 radical (unpaired) electrons. The SMILES string of the molecule is COc1ccc([C@H](CNC(=S)Nc2c(C)cc(C)cc2Cl)N2CCCC2)cc1. The van der Waals surface area contributed by atoms with Crippen LogP contribution in [0.5, 0.6) is 5.75 Å². The molecule has 0 aliphatic carbocycles. The fourth-order valence-electron chi connectivity index (χ4n) is 3.76. The van der Waals surface area contributed by atoms with Gasteiger partial charge in [-0.05, 0) is 86.9 Å². The quantitative estimate of drug-likeness (QED) is 0.640. The highest BCUT2D eigenvalue weighted by Crippen LogP contribution is 2.28. The van der Waals surface area contributed by atoms with Crippen molar-refractivity contribution < 1.29 is 4.74 Å². The summed E-state index contributed by atoms with van der Waals surface area (Å²) in [6.07, 6.45) is 2.49. The normalized spacial score (nSPS) is 15.3. The zero-order chi connectivity index (χ0) is 20.1. The number of nitrogens with zero attached hydrogens (tertiary/aromatic N) is 1. The third-order valence-electron chi connectivity index (χ3n) is 5.21. The fraction of sp³-hybridized carbons (Fsp3) is 0.409. The highest BCUT2D eigenvalue weighted by atomic mass is 35.5. The summed E-state index contributed by atoms with van der Waals surface area (Å²) < 4.78 is 5.30. The van der Waals surface area contributed by atoms with E-state index in [4.69, 9.17) is 28.6 Å². The molecule has 150 valence electrons. The second-order valence-electron chi connectivity index (χ2n) is 7.31. The van der Waals surface area contributed by atoms with E-state index in [0.717, 1.165) is 42.2 Å². The maximum atomic E-state index is 6.40. The number of ether oxygens (including phenoxy) is 1. The van der Waals surface area contributed by atoms with Crippen LogP contribution in [0.15, 0.2) is 36.4 Å². The lowest BCUT2D eigenvalue weighted by Crippen LogP contribution is -2.38. The van der Waals surface area contributed by atoms with Crippen molar-refractivity contribution in [1.82, 2.24) is 10.2 Å². The predicted molar refractivity (Wildman–Crippen MR) is 122 cm³/mol. The number of benzene rings is 2. The van der Waals surface area contributed by atoms with Crippen LogP contribution in [0.1, 0.15) is 35.6 Å². The molecule has 0 bridgehead atoms. The lowest BCUT2D eigenvalue weighted by molar-refractivity contribution is 0.246. The molecule has 6 heteroatoms. The second kappa shape index (κ2) is 9.59. The first-order valence-corrected chi connectivity index (χ1v) is 10.5. The lowest BCUT2D eigenvalue weighted by Gasteiger charge is -2.29. The number of aryl methyl sites for hydroxylation is 2. The average molecular weight is 418 g/mol. The van der Waals surface area contributed by atoms with E-state index in [0.29, 0.717) is 10.1 Å². The smallest absolute Gasteiger partial charge is 0.170 e. The molecular formula is C22H28ClN3OS. The Morgan fingerprint density at radius 1 is 1.18 bits per heavy atom. The number of likely N-dealkylation sites (tertiary alicyclic amines) is 1. The number of anilines is 1. The minimum absolute atomic E-state index is 0.266.